The summed E-state index contributed by atoms with van der Waals surface area (Å²) in [6.07, 6.45) is -2.43. The van der Waals surface area contributed by atoms with Crippen molar-refractivity contribution in [1.82, 2.24) is 5.32 Å². The molecule has 24 heavy (non-hydrogen) atoms. The second-order valence-electron chi connectivity index (χ2n) is 5.73. The smallest absolute Gasteiger partial charge is 0.407 e. The number of ether oxygens (including phenoxy) is 2. The van der Waals surface area contributed by atoms with E-state index in [1.54, 1.807) is 6.92 Å². The summed E-state index contributed by atoms with van der Waals surface area (Å²) in [5.74, 6) is -1.22. The third-order valence-electron chi connectivity index (χ3n) is 4.06. The molecule has 0 saturated heterocycles. The van der Waals surface area contributed by atoms with Crippen LogP contribution in [0, 0.1) is 5.92 Å². The molecule has 4 atom stereocenters. The standard InChI is InChI=1S/C17H23NO6/c1-2-23-16(21)12-8-9-13(19)15(20)14(12)18-17(22)24-10-11-6-4-3-5-7-11/h3-7,12-15,19-20H,2,8-10H2,1H3,(H,18,22)/t12-,13-,14-,15-/m1/s1. The first-order valence-electron chi connectivity index (χ1n) is 8.03. The van der Waals surface area contributed by atoms with Crippen LogP contribution < -0.4 is 5.32 Å². The third-order valence-corrected chi connectivity index (χ3v) is 4.06. The Hall–Kier alpha value is -2.12. The zero-order valence-electron chi connectivity index (χ0n) is 13.6. The molecule has 0 aromatic heterocycles. The summed E-state index contributed by atoms with van der Waals surface area (Å²) >= 11 is 0. The van der Waals surface area contributed by atoms with Crippen LogP contribution in [-0.2, 0) is 20.9 Å². The van der Waals surface area contributed by atoms with Gasteiger partial charge in [0.1, 0.15) is 12.7 Å². The number of hydrogen-bond acceptors (Lipinski definition) is 6. The maximum absolute atomic E-state index is 12.0. The lowest BCUT2D eigenvalue weighted by Crippen LogP contribution is -2.57. The highest BCUT2D eigenvalue weighted by Crippen LogP contribution is 2.26. The maximum atomic E-state index is 12.0. The summed E-state index contributed by atoms with van der Waals surface area (Å²) in [5.41, 5.74) is 0.818. The Balaban J connectivity index is 1.96. The Bertz CT molecular complexity index is 549. The van der Waals surface area contributed by atoms with Gasteiger partial charge in [0.15, 0.2) is 0 Å². The average Bonchev–Trinajstić information content (AvgIpc) is 2.58. The first-order chi connectivity index (χ1) is 11.5. The van der Waals surface area contributed by atoms with Crippen LogP contribution in [0.2, 0.25) is 0 Å². The second kappa shape index (κ2) is 8.65. The molecule has 1 aliphatic rings. The van der Waals surface area contributed by atoms with Crippen molar-refractivity contribution in [2.24, 2.45) is 5.92 Å². The Morgan fingerprint density at radius 1 is 1.17 bits per heavy atom. The zero-order chi connectivity index (χ0) is 17.5. The molecule has 0 spiro atoms. The van der Waals surface area contributed by atoms with Crippen molar-refractivity contribution in [1.29, 1.82) is 0 Å². The van der Waals surface area contributed by atoms with E-state index in [2.05, 4.69) is 5.32 Å². The molecule has 1 saturated carbocycles. The van der Waals surface area contributed by atoms with Gasteiger partial charge >= 0.3 is 12.1 Å². The van der Waals surface area contributed by atoms with E-state index in [1.807, 2.05) is 30.3 Å². The van der Waals surface area contributed by atoms with E-state index in [1.165, 1.54) is 0 Å². The fourth-order valence-corrected chi connectivity index (χ4v) is 2.78. The van der Waals surface area contributed by atoms with E-state index in [-0.39, 0.29) is 19.6 Å². The number of carbonyl (C=O) groups excluding carboxylic acids is 2. The van der Waals surface area contributed by atoms with Crippen molar-refractivity contribution in [3.8, 4) is 0 Å². The monoisotopic (exact) mass is 337 g/mol. The van der Waals surface area contributed by atoms with Crippen molar-refractivity contribution in [3.05, 3.63) is 35.9 Å². The van der Waals surface area contributed by atoms with Gasteiger partial charge in [0.05, 0.1) is 24.7 Å². The largest absolute Gasteiger partial charge is 0.466 e. The lowest BCUT2D eigenvalue weighted by Gasteiger charge is -2.37. The van der Waals surface area contributed by atoms with E-state index in [0.29, 0.717) is 6.42 Å². The molecule has 1 amide bonds. The van der Waals surface area contributed by atoms with Crippen LogP contribution in [0.25, 0.3) is 0 Å². The van der Waals surface area contributed by atoms with E-state index >= 15 is 0 Å². The number of carbonyl (C=O) groups is 2. The van der Waals surface area contributed by atoms with Crippen molar-refractivity contribution in [2.75, 3.05) is 6.61 Å². The lowest BCUT2D eigenvalue weighted by atomic mass is 9.81. The second-order valence-corrected chi connectivity index (χ2v) is 5.73. The molecule has 3 N–H and O–H groups in total. The van der Waals surface area contributed by atoms with Gasteiger partial charge < -0.3 is 25.0 Å². The van der Waals surface area contributed by atoms with Crippen LogP contribution in [0.3, 0.4) is 0 Å². The van der Waals surface area contributed by atoms with Gasteiger partial charge in [-0.25, -0.2) is 4.79 Å². The molecule has 0 bridgehead atoms. The molecule has 7 nitrogen and oxygen atoms in total. The van der Waals surface area contributed by atoms with Crippen LogP contribution in [0.1, 0.15) is 25.3 Å². The van der Waals surface area contributed by atoms with Gasteiger partial charge in [0.25, 0.3) is 0 Å². The van der Waals surface area contributed by atoms with E-state index in [0.717, 1.165) is 5.56 Å². The molecule has 0 radical (unpaired) electrons. The highest BCUT2D eigenvalue weighted by atomic mass is 16.5. The molecule has 2 rings (SSSR count). The predicted octanol–water partition coefficient (Wildman–Crippen LogP) is 0.976. The summed E-state index contributed by atoms with van der Waals surface area (Å²) < 4.78 is 10.1. The molecule has 0 aliphatic heterocycles. The Kier molecular flexibility index (Phi) is 6.57. The van der Waals surface area contributed by atoms with E-state index in [9.17, 15) is 19.8 Å². The molecule has 1 aromatic rings. The topological polar surface area (TPSA) is 105 Å². The van der Waals surface area contributed by atoms with Gasteiger partial charge in [-0.1, -0.05) is 30.3 Å². The molecule has 1 aromatic carbocycles. The van der Waals surface area contributed by atoms with Crippen molar-refractivity contribution >= 4 is 12.1 Å². The lowest BCUT2D eigenvalue weighted by molar-refractivity contribution is -0.154. The van der Waals surface area contributed by atoms with Gasteiger partial charge in [-0.2, -0.15) is 0 Å². The summed E-state index contributed by atoms with van der Waals surface area (Å²) in [6, 6.07) is 8.19. The molecule has 0 heterocycles. The first kappa shape index (κ1) is 18.2. The van der Waals surface area contributed by atoms with Crippen molar-refractivity contribution < 1.29 is 29.3 Å². The SMILES string of the molecule is CCOC(=O)[C@@H]1CC[C@@H](O)[C@@H](O)[C@@H]1NC(=O)OCc1ccccc1. The fraction of sp³-hybridized carbons (Fsp3) is 0.529. The number of nitrogens with one attached hydrogen (secondary N) is 1. The van der Waals surface area contributed by atoms with Gasteiger partial charge in [0, 0.05) is 0 Å². The minimum absolute atomic E-state index is 0.0715. The van der Waals surface area contributed by atoms with Crippen LogP contribution >= 0.6 is 0 Å². The van der Waals surface area contributed by atoms with Gasteiger partial charge in [-0.3, -0.25) is 4.79 Å². The summed E-state index contributed by atoms with van der Waals surface area (Å²) in [5, 5.41) is 22.4. The number of alkyl carbamates (subject to hydrolysis) is 1. The molecule has 7 heteroatoms. The van der Waals surface area contributed by atoms with Gasteiger partial charge in [-0.15, -0.1) is 0 Å². The molecule has 1 aliphatic carbocycles. The number of aliphatic hydroxyl groups is 2. The maximum Gasteiger partial charge on any atom is 0.407 e. The number of amides is 1. The Morgan fingerprint density at radius 3 is 2.54 bits per heavy atom. The minimum Gasteiger partial charge on any atom is -0.466 e. The fourth-order valence-electron chi connectivity index (χ4n) is 2.78. The quantitative estimate of drug-likeness (QED) is 0.692. The van der Waals surface area contributed by atoms with Gasteiger partial charge in [-0.05, 0) is 25.3 Å². The Labute approximate surface area is 140 Å². The molecule has 1 fully saturated rings. The normalized spacial score (nSPS) is 26.5. The van der Waals surface area contributed by atoms with Crippen LogP contribution in [0.4, 0.5) is 4.79 Å². The molecule has 132 valence electrons. The average molecular weight is 337 g/mol. The van der Waals surface area contributed by atoms with E-state index in [4.69, 9.17) is 9.47 Å². The summed E-state index contributed by atoms with van der Waals surface area (Å²) in [7, 11) is 0. The molecular weight excluding hydrogens is 314 g/mol. The third kappa shape index (κ3) is 4.69. The minimum atomic E-state index is -1.25. The summed E-state index contributed by atoms with van der Waals surface area (Å²) in [4.78, 5) is 24.0. The van der Waals surface area contributed by atoms with Crippen LogP contribution in [0.5, 0.6) is 0 Å². The molecule has 0 unspecified atom stereocenters. The zero-order valence-corrected chi connectivity index (χ0v) is 13.6. The van der Waals surface area contributed by atoms with E-state index < -0.39 is 36.2 Å². The molecular formula is C17H23NO6. The number of hydrogen-bond donors (Lipinski definition) is 3. The highest BCUT2D eigenvalue weighted by Gasteiger charge is 2.43. The summed E-state index contributed by atoms with van der Waals surface area (Å²) in [6.45, 7) is 1.96. The van der Waals surface area contributed by atoms with Crippen molar-refractivity contribution in [2.45, 2.75) is 44.6 Å². The number of aliphatic hydroxyl groups excluding tert-OH is 2. The number of rotatable bonds is 5. The number of esters is 1. The van der Waals surface area contributed by atoms with Crippen LogP contribution in [-0.4, -0.2) is 47.1 Å². The predicted molar refractivity (Wildman–Crippen MR) is 84.9 cm³/mol. The van der Waals surface area contributed by atoms with Crippen molar-refractivity contribution in [3.63, 3.8) is 0 Å². The number of benzene rings is 1. The Morgan fingerprint density at radius 2 is 1.88 bits per heavy atom. The van der Waals surface area contributed by atoms with Crippen LogP contribution in [0.15, 0.2) is 30.3 Å². The van der Waals surface area contributed by atoms with Gasteiger partial charge in [0.2, 0.25) is 0 Å². The highest BCUT2D eigenvalue weighted by molar-refractivity contribution is 5.75. The first-order valence-corrected chi connectivity index (χ1v) is 8.03.